The molecule has 2 amide bonds. The third-order valence-electron chi connectivity index (χ3n) is 3.87. The van der Waals surface area contributed by atoms with Crippen molar-refractivity contribution in [1.82, 2.24) is 10.2 Å². The zero-order valence-corrected chi connectivity index (χ0v) is 13.3. The number of urea groups is 1. The molecule has 122 valence electrons. The van der Waals surface area contributed by atoms with Crippen LogP contribution in [0.4, 0.5) is 9.18 Å². The van der Waals surface area contributed by atoms with Crippen molar-refractivity contribution in [3.8, 4) is 0 Å². The second-order valence-corrected chi connectivity index (χ2v) is 6.37. The van der Waals surface area contributed by atoms with Crippen LogP contribution >= 0.6 is 0 Å². The van der Waals surface area contributed by atoms with Gasteiger partial charge in [-0.2, -0.15) is 0 Å². The van der Waals surface area contributed by atoms with Gasteiger partial charge >= 0.3 is 6.03 Å². The minimum atomic E-state index is -0.794. The number of amides is 2. The zero-order chi connectivity index (χ0) is 16.1. The largest absolute Gasteiger partial charge is 0.387 e. The first-order chi connectivity index (χ1) is 10.5. The van der Waals surface area contributed by atoms with Crippen molar-refractivity contribution in [3.63, 3.8) is 0 Å². The molecule has 0 aliphatic heterocycles. The zero-order valence-electron chi connectivity index (χ0n) is 13.3. The summed E-state index contributed by atoms with van der Waals surface area (Å²) in [6.45, 7) is 5.11. The van der Waals surface area contributed by atoms with E-state index < -0.39 is 6.10 Å². The number of hydrogen-bond donors (Lipinski definition) is 2. The number of nitrogens with zero attached hydrogens (tertiary/aromatic N) is 1. The van der Waals surface area contributed by atoms with Gasteiger partial charge in [0.15, 0.2) is 0 Å². The lowest BCUT2D eigenvalue weighted by Crippen LogP contribution is -2.44. The van der Waals surface area contributed by atoms with E-state index in [0.717, 1.165) is 19.3 Å². The Morgan fingerprint density at radius 3 is 2.55 bits per heavy atom. The van der Waals surface area contributed by atoms with E-state index in [4.69, 9.17) is 0 Å². The quantitative estimate of drug-likeness (QED) is 0.813. The summed E-state index contributed by atoms with van der Waals surface area (Å²) in [7, 11) is 0. The lowest BCUT2D eigenvalue weighted by atomic mass is 10.1. The standard InChI is InChI=1S/C17H25FN2O2/c1-12(2)9-10-19-17(22)20(15-7-8-15)11-16(21)13-3-5-14(18)6-4-13/h3-6,12,15-16,21H,7-11H2,1-2H3,(H,19,22). The second kappa shape index (κ2) is 7.58. The maximum atomic E-state index is 12.9. The molecule has 5 heteroatoms. The van der Waals surface area contributed by atoms with Crippen molar-refractivity contribution in [3.05, 3.63) is 35.6 Å². The molecular weight excluding hydrogens is 283 g/mol. The van der Waals surface area contributed by atoms with Gasteiger partial charge in [-0.15, -0.1) is 0 Å². The molecular formula is C17H25FN2O2. The molecule has 1 atom stereocenters. The molecule has 1 aliphatic rings. The van der Waals surface area contributed by atoms with Crippen LogP contribution in [0.1, 0.15) is 44.8 Å². The molecule has 2 rings (SSSR count). The van der Waals surface area contributed by atoms with E-state index in [1.165, 1.54) is 12.1 Å². The first-order valence-electron chi connectivity index (χ1n) is 7.95. The minimum Gasteiger partial charge on any atom is -0.387 e. The molecule has 0 saturated heterocycles. The van der Waals surface area contributed by atoms with Gasteiger partial charge in [-0.05, 0) is 42.9 Å². The van der Waals surface area contributed by atoms with Crippen LogP contribution in [-0.2, 0) is 0 Å². The van der Waals surface area contributed by atoms with Crippen LogP contribution in [0.5, 0.6) is 0 Å². The van der Waals surface area contributed by atoms with E-state index in [0.29, 0.717) is 18.0 Å². The van der Waals surface area contributed by atoms with Crippen LogP contribution in [0.2, 0.25) is 0 Å². The lowest BCUT2D eigenvalue weighted by molar-refractivity contribution is 0.117. The number of rotatable bonds is 7. The first kappa shape index (κ1) is 16.7. The summed E-state index contributed by atoms with van der Waals surface area (Å²) < 4.78 is 12.9. The van der Waals surface area contributed by atoms with E-state index in [2.05, 4.69) is 19.2 Å². The Balaban J connectivity index is 1.90. The number of benzene rings is 1. The summed E-state index contributed by atoms with van der Waals surface area (Å²) in [5, 5.41) is 13.2. The molecule has 4 nitrogen and oxygen atoms in total. The highest BCUT2D eigenvalue weighted by Gasteiger charge is 2.33. The summed E-state index contributed by atoms with van der Waals surface area (Å²) in [4.78, 5) is 14.0. The molecule has 2 N–H and O–H groups in total. The molecule has 1 aliphatic carbocycles. The highest BCUT2D eigenvalue weighted by atomic mass is 19.1. The SMILES string of the molecule is CC(C)CCNC(=O)N(CC(O)c1ccc(F)cc1)C1CC1. The van der Waals surface area contributed by atoms with Crippen molar-refractivity contribution >= 4 is 6.03 Å². The molecule has 1 aromatic carbocycles. The Bertz CT molecular complexity index is 486. The van der Waals surface area contributed by atoms with Crippen LogP contribution in [0.3, 0.4) is 0 Å². The Labute approximate surface area is 131 Å². The van der Waals surface area contributed by atoms with Gasteiger partial charge in [0.1, 0.15) is 5.82 Å². The van der Waals surface area contributed by atoms with Crippen LogP contribution < -0.4 is 5.32 Å². The van der Waals surface area contributed by atoms with Crippen molar-refractivity contribution in [1.29, 1.82) is 0 Å². The predicted molar refractivity (Wildman–Crippen MR) is 83.9 cm³/mol. The number of halogens is 1. The molecule has 22 heavy (non-hydrogen) atoms. The van der Waals surface area contributed by atoms with E-state index in [1.807, 2.05) is 0 Å². The molecule has 1 fully saturated rings. The monoisotopic (exact) mass is 308 g/mol. The number of aliphatic hydroxyl groups excluding tert-OH is 1. The topological polar surface area (TPSA) is 52.6 Å². The molecule has 0 bridgehead atoms. The van der Waals surface area contributed by atoms with E-state index in [9.17, 15) is 14.3 Å². The highest BCUT2D eigenvalue weighted by molar-refractivity contribution is 5.75. The van der Waals surface area contributed by atoms with Gasteiger partial charge < -0.3 is 15.3 Å². The first-order valence-corrected chi connectivity index (χ1v) is 7.95. The average molecular weight is 308 g/mol. The lowest BCUT2D eigenvalue weighted by Gasteiger charge is -2.26. The molecule has 0 spiro atoms. The van der Waals surface area contributed by atoms with E-state index >= 15 is 0 Å². The summed E-state index contributed by atoms with van der Waals surface area (Å²) in [5.74, 6) is 0.209. The molecule has 0 heterocycles. The number of carbonyl (C=O) groups is 1. The fraction of sp³-hybridized carbons (Fsp3) is 0.588. The van der Waals surface area contributed by atoms with Crippen LogP contribution in [0.15, 0.2) is 24.3 Å². The molecule has 0 radical (unpaired) electrons. The maximum absolute atomic E-state index is 12.9. The Morgan fingerprint density at radius 2 is 2.00 bits per heavy atom. The van der Waals surface area contributed by atoms with Crippen molar-refractivity contribution in [2.75, 3.05) is 13.1 Å². The number of hydrogen-bond acceptors (Lipinski definition) is 2. The number of aliphatic hydroxyl groups is 1. The van der Waals surface area contributed by atoms with Crippen molar-refractivity contribution in [2.45, 2.75) is 45.3 Å². The Hall–Kier alpha value is -1.62. The fourth-order valence-electron chi connectivity index (χ4n) is 2.33. The molecule has 0 aromatic heterocycles. The van der Waals surface area contributed by atoms with Gasteiger partial charge in [0.05, 0.1) is 12.6 Å². The van der Waals surface area contributed by atoms with Gasteiger partial charge in [-0.25, -0.2) is 9.18 Å². The number of nitrogens with one attached hydrogen (secondary N) is 1. The summed E-state index contributed by atoms with van der Waals surface area (Å²) in [6, 6.07) is 5.85. The Kier molecular flexibility index (Phi) is 5.77. The van der Waals surface area contributed by atoms with Crippen LogP contribution in [0.25, 0.3) is 0 Å². The number of carbonyl (C=O) groups excluding carboxylic acids is 1. The smallest absolute Gasteiger partial charge is 0.317 e. The van der Waals surface area contributed by atoms with Gasteiger partial charge in [0.2, 0.25) is 0 Å². The molecule has 1 unspecified atom stereocenters. The summed E-state index contributed by atoms with van der Waals surface area (Å²) in [5.41, 5.74) is 0.627. The van der Waals surface area contributed by atoms with Gasteiger partial charge in [-0.3, -0.25) is 0 Å². The molecule has 1 aromatic rings. The Morgan fingerprint density at radius 1 is 1.36 bits per heavy atom. The second-order valence-electron chi connectivity index (χ2n) is 6.37. The van der Waals surface area contributed by atoms with Crippen molar-refractivity contribution < 1.29 is 14.3 Å². The minimum absolute atomic E-state index is 0.121. The normalized spacial score (nSPS) is 15.7. The van der Waals surface area contributed by atoms with Gasteiger partial charge in [-0.1, -0.05) is 26.0 Å². The van der Waals surface area contributed by atoms with Crippen LogP contribution in [0, 0.1) is 11.7 Å². The van der Waals surface area contributed by atoms with Crippen LogP contribution in [-0.4, -0.2) is 35.2 Å². The summed E-state index contributed by atoms with van der Waals surface area (Å²) >= 11 is 0. The predicted octanol–water partition coefficient (Wildman–Crippen LogP) is 3.08. The van der Waals surface area contributed by atoms with Gasteiger partial charge in [0.25, 0.3) is 0 Å². The highest BCUT2D eigenvalue weighted by Crippen LogP contribution is 2.29. The van der Waals surface area contributed by atoms with Gasteiger partial charge in [0, 0.05) is 12.6 Å². The van der Waals surface area contributed by atoms with E-state index in [1.54, 1.807) is 17.0 Å². The maximum Gasteiger partial charge on any atom is 0.317 e. The average Bonchev–Trinajstić information content (AvgIpc) is 3.29. The third-order valence-corrected chi connectivity index (χ3v) is 3.87. The van der Waals surface area contributed by atoms with E-state index in [-0.39, 0.29) is 24.4 Å². The molecule has 1 saturated carbocycles. The van der Waals surface area contributed by atoms with Crippen molar-refractivity contribution in [2.24, 2.45) is 5.92 Å². The summed E-state index contributed by atoms with van der Waals surface area (Å²) in [6.07, 6.45) is 2.10. The fourth-order valence-corrected chi connectivity index (χ4v) is 2.33. The third kappa shape index (κ3) is 4.98.